The molecule has 1 heterocycles. The van der Waals surface area contributed by atoms with Gasteiger partial charge in [0.15, 0.2) is 0 Å². The molecule has 1 aliphatic heterocycles. The maximum atomic E-state index is 4.49. The molecule has 0 spiro atoms. The van der Waals surface area contributed by atoms with Crippen molar-refractivity contribution in [3.05, 3.63) is 0 Å². The molecule has 1 rings (SSSR count). The summed E-state index contributed by atoms with van der Waals surface area (Å²) in [6.07, 6.45) is 5.99. The van der Waals surface area contributed by atoms with E-state index >= 15 is 0 Å². The van der Waals surface area contributed by atoms with E-state index in [0.29, 0.717) is 6.04 Å². The van der Waals surface area contributed by atoms with Crippen LogP contribution in [0.4, 0.5) is 0 Å². The Balaban J connectivity index is 2.33. The lowest BCUT2D eigenvalue weighted by atomic mass is 10.1. The molecule has 1 atom stereocenters. The number of hydrogen-bond donors (Lipinski definition) is 1. The molecule has 1 saturated heterocycles. The van der Waals surface area contributed by atoms with Crippen molar-refractivity contribution in [2.75, 3.05) is 6.54 Å². The topological polar surface area (TPSA) is 24.4 Å². The van der Waals surface area contributed by atoms with Crippen molar-refractivity contribution in [1.82, 2.24) is 5.32 Å². The van der Waals surface area contributed by atoms with E-state index in [9.17, 15) is 0 Å². The van der Waals surface area contributed by atoms with Crippen LogP contribution in [-0.4, -0.2) is 24.3 Å². The van der Waals surface area contributed by atoms with Crippen LogP contribution in [0.1, 0.15) is 40.0 Å². The Morgan fingerprint density at radius 3 is 2.58 bits per heavy atom. The third kappa shape index (κ3) is 3.86. The zero-order valence-corrected chi connectivity index (χ0v) is 8.43. The highest BCUT2D eigenvalue weighted by Crippen LogP contribution is 2.08. The maximum absolute atomic E-state index is 4.49. The summed E-state index contributed by atoms with van der Waals surface area (Å²) in [4.78, 5) is 4.49. The van der Waals surface area contributed by atoms with Crippen LogP contribution in [0.5, 0.6) is 0 Å². The van der Waals surface area contributed by atoms with Crippen molar-refractivity contribution in [3.8, 4) is 0 Å². The zero-order valence-electron chi connectivity index (χ0n) is 8.43. The van der Waals surface area contributed by atoms with Gasteiger partial charge in [0, 0.05) is 12.3 Å². The molecule has 0 bridgehead atoms. The molecule has 0 amide bonds. The monoisotopic (exact) mass is 168 g/mol. The minimum atomic E-state index is 0.0825. The van der Waals surface area contributed by atoms with Gasteiger partial charge in [-0.05, 0) is 40.2 Å². The summed E-state index contributed by atoms with van der Waals surface area (Å²) in [5.41, 5.74) is 0.0825. The molecular formula is C10H20N2. The number of nitrogens with one attached hydrogen (secondary N) is 1. The van der Waals surface area contributed by atoms with Crippen molar-refractivity contribution in [3.63, 3.8) is 0 Å². The van der Waals surface area contributed by atoms with Gasteiger partial charge < -0.3 is 5.32 Å². The Morgan fingerprint density at radius 2 is 2.08 bits per heavy atom. The first-order valence-electron chi connectivity index (χ1n) is 4.87. The van der Waals surface area contributed by atoms with Crippen molar-refractivity contribution >= 4 is 6.21 Å². The molecule has 1 unspecified atom stereocenters. The summed E-state index contributed by atoms with van der Waals surface area (Å²) in [7, 11) is 0. The van der Waals surface area contributed by atoms with Crippen molar-refractivity contribution in [2.45, 2.75) is 51.6 Å². The molecule has 0 aromatic rings. The lowest BCUT2D eigenvalue weighted by Crippen LogP contribution is -2.35. The first-order valence-corrected chi connectivity index (χ1v) is 4.87. The molecule has 12 heavy (non-hydrogen) atoms. The summed E-state index contributed by atoms with van der Waals surface area (Å²) in [5, 5.41) is 3.44. The van der Waals surface area contributed by atoms with Gasteiger partial charge in [0.25, 0.3) is 0 Å². The fourth-order valence-corrected chi connectivity index (χ4v) is 1.32. The van der Waals surface area contributed by atoms with Crippen LogP contribution < -0.4 is 5.32 Å². The van der Waals surface area contributed by atoms with Crippen LogP contribution in [0.2, 0.25) is 0 Å². The highest BCUT2D eigenvalue weighted by atomic mass is 14.9. The molecule has 0 saturated carbocycles. The first kappa shape index (κ1) is 9.72. The van der Waals surface area contributed by atoms with Gasteiger partial charge in [-0.2, -0.15) is 0 Å². The Labute approximate surface area is 75.5 Å². The van der Waals surface area contributed by atoms with Crippen LogP contribution in [0.25, 0.3) is 0 Å². The predicted molar refractivity (Wildman–Crippen MR) is 53.9 cm³/mol. The smallest absolute Gasteiger partial charge is 0.0520 e. The second-order valence-corrected chi connectivity index (χ2v) is 4.51. The fourth-order valence-electron chi connectivity index (χ4n) is 1.32. The van der Waals surface area contributed by atoms with E-state index in [1.165, 1.54) is 19.3 Å². The van der Waals surface area contributed by atoms with Gasteiger partial charge in [0.2, 0.25) is 0 Å². The molecule has 0 radical (unpaired) electrons. The lowest BCUT2D eigenvalue weighted by Gasteiger charge is -2.21. The van der Waals surface area contributed by atoms with Crippen molar-refractivity contribution in [1.29, 1.82) is 0 Å². The second-order valence-electron chi connectivity index (χ2n) is 4.51. The number of hydrogen-bond acceptors (Lipinski definition) is 2. The standard InChI is InChI=1S/C10H20N2/c1-10(2,3)12-8-9-6-4-5-7-11-9/h8-9,11H,4-7H2,1-3H3. The third-order valence-electron chi connectivity index (χ3n) is 1.99. The van der Waals surface area contributed by atoms with Gasteiger partial charge >= 0.3 is 0 Å². The quantitative estimate of drug-likeness (QED) is 0.595. The Hall–Kier alpha value is -0.370. The van der Waals surface area contributed by atoms with E-state index in [2.05, 4.69) is 37.3 Å². The molecule has 1 fully saturated rings. The SMILES string of the molecule is CC(C)(C)N=CC1CCCCN1. The number of rotatable bonds is 1. The highest BCUT2D eigenvalue weighted by Gasteiger charge is 2.11. The maximum Gasteiger partial charge on any atom is 0.0520 e. The van der Waals surface area contributed by atoms with Gasteiger partial charge in [-0.1, -0.05) is 6.42 Å². The van der Waals surface area contributed by atoms with Gasteiger partial charge in [-0.3, -0.25) is 4.99 Å². The van der Waals surface area contributed by atoms with Gasteiger partial charge in [0.05, 0.1) is 5.54 Å². The van der Waals surface area contributed by atoms with E-state index in [-0.39, 0.29) is 5.54 Å². The average Bonchev–Trinajstić information content (AvgIpc) is 2.02. The molecule has 0 aliphatic carbocycles. The number of aliphatic imine (C=N–C) groups is 1. The Bertz CT molecular complexity index is 150. The summed E-state index contributed by atoms with van der Waals surface area (Å²) in [6.45, 7) is 7.55. The minimum absolute atomic E-state index is 0.0825. The van der Waals surface area contributed by atoms with Crippen molar-refractivity contribution in [2.24, 2.45) is 4.99 Å². The van der Waals surface area contributed by atoms with E-state index in [0.717, 1.165) is 6.54 Å². The molecule has 0 aromatic carbocycles. The summed E-state index contributed by atoms with van der Waals surface area (Å²) in [5.74, 6) is 0. The fraction of sp³-hybridized carbons (Fsp3) is 0.900. The number of piperidine rings is 1. The summed E-state index contributed by atoms with van der Waals surface area (Å²) >= 11 is 0. The Kier molecular flexibility index (Phi) is 3.27. The zero-order chi connectivity index (χ0) is 9.03. The molecule has 70 valence electrons. The van der Waals surface area contributed by atoms with Crippen LogP contribution in [-0.2, 0) is 0 Å². The van der Waals surface area contributed by atoms with E-state index < -0.39 is 0 Å². The van der Waals surface area contributed by atoms with Crippen LogP contribution >= 0.6 is 0 Å². The third-order valence-corrected chi connectivity index (χ3v) is 1.99. The lowest BCUT2D eigenvalue weighted by molar-refractivity contribution is 0.471. The van der Waals surface area contributed by atoms with Gasteiger partial charge in [0.1, 0.15) is 0 Å². The molecule has 1 aliphatic rings. The minimum Gasteiger partial charge on any atom is -0.309 e. The van der Waals surface area contributed by atoms with E-state index in [1.54, 1.807) is 0 Å². The molecule has 0 aromatic heterocycles. The van der Waals surface area contributed by atoms with Crippen molar-refractivity contribution < 1.29 is 0 Å². The van der Waals surface area contributed by atoms with E-state index in [4.69, 9.17) is 0 Å². The van der Waals surface area contributed by atoms with Gasteiger partial charge in [-0.15, -0.1) is 0 Å². The molecule has 2 heteroatoms. The normalized spacial score (nSPS) is 26.4. The van der Waals surface area contributed by atoms with Gasteiger partial charge in [-0.25, -0.2) is 0 Å². The van der Waals surface area contributed by atoms with Crippen LogP contribution in [0, 0.1) is 0 Å². The van der Waals surface area contributed by atoms with E-state index in [1.807, 2.05) is 0 Å². The molecular weight excluding hydrogens is 148 g/mol. The largest absolute Gasteiger partial charge is 0.309 e. The number of nitrogens with zero attached hydrogens (tertiary/aromatic N) is 1. The predicted octanol–water partition coefficient (Wildman–Crippen LogP) is 2.00. The molecule has 2 nitrogen and oxygen atoms in total. The van der Waals surface area contributed by atoms with Crippen LogP contribution in [0.15, 0.2) is 4.99 Å². The molecule has 1 N–H and O–H groups in total. The second kappa shape index (κ2) is 4.04. The Morgan fingerprint density at radius 1 is 1.33 bits per heavy atom. The van der Waals surface area contributed by atoms with Crippen LogP contribution in [0.3, 0.4) is 0 Å². The summed E-state index contributed by atoms with van der Waals surface area (Å²) < 4.78 is 0. The summed E-state index contributed by atoms with van der Waals surface area (Å²) in [6, 6.07) is 0.526. The first-order chi connectivity index (χ1) is 5.58. The average molecular weight is 168 g/mol. The highest BCUT2D eigenvalue weighted by molar-refractivity contribution is 5.65.